The first kappa shape index (κ1) is 12.6. The molecule has 0 unspecified atom stereocenters. The summed E-state index contributed by atoms with van der Waals surface area (Å²) >= 11 is 5.69. The van der Waals surface area contributed by atoms with Gasteiger partial charge in [0.1, 0.15) is 5.17 Å². The summed E-state index contributed by atoms with van der Waals surface area (Å²) in [5.41, 5.74) is 0.988. The Bertz CT molecular complexity index is 602. The first-order chi connectivity index (χ1) is 8.60. The summed E-state index contributed by atoms with van der Waals surface area (Å²) in [6.45, 7) is 2.42. The molecular weight excluding hydrogens is 254 g/mol. The molecule has 94 valence electrons. The van der Waals surface area contributed by atoms with Crippen molar-refractivity contribution in [3.8, 4) is 0 Å². The molecule has 2 rings (SSSR count). The van der Waals surface area contributed by atoms with Gasteiger partial charge in [-0.15, -0.1) is 0 Å². The van der Waals surface area contributed by atoms with Crippen molar-refractivity contribution in [3.63, 3.8) is 0 Å². The van der Waals surface area contributed by atoms with E-state index < -0.39 is 0 Å². The SMILES string of the molecule is CCn1cc(NC(=O)C2=CN=C(Cl)C2)ccc1=O. The highest BCUT2D eigenvalue weighted by Gasteiger charge is 2.16. The number of aryl methyl sites for hydroxylation is 1. The van der Waals surface area contributed by atoms with Crippen molar-refractivity contribution in [2.75, 3.05) is 5.32 Å². The Morgan fingerprint density at radius 2 is 2.33 bits per heavy atom. The highest BCUT2D eigenvalue weighted by atomic mass is 35.5. The van der Waals surface area contributed by atoms with Crippen molar-refractivity contribution in [1.82, 2.24) is 4.57 Å². The summed E-state index contributed by atoms with van der Waals surface area (Å²) in [6.07, 6.45) is 3.41. The third-order valence-corrected chi connectivity index (χ3v) is 2.80. The van der Waals surface area contributed by atoms with Crippen LogP contribution in [-0.2, 0) is 11.3 Å². The molecule has 0 spiro atoms. The van der Waals surface area contributed by atoms with Crippen LogP contribution in [-0.4, -0.2) is 15.6 Å². The topological polar surface area (TPSA) is 63.5 Å². The van der Waals surface area contributed by atoms with Gasteiger partial charge in [0.15, 0.2) is 0 Å². The molecule has 0 aliphatic carbocycles. The lowest BCUT2D eigenvalue weighted by Gasteiger charge is -2.08. The average molecular weight is 266 g/mol. The number of carbonyl (C=O) groups is 1. The fourth-order valence-electron chi connectivity index (χ4n) is 1.60. The Labute approximate surface area is 109 Å². The van der Waals surface area contributed by atoms with Crippen molar-refractivity contribution in [2.24, 2.45) is 4.99 Å². The summed E-state index contributed by atoms with van der Waals surface area (Å²) in [4.78, 5) is 27.1. The molecule has 0 saturated heterocycles. The molecule has 1 aliphatic heterocycles. The molecule has 0 radical (unpaired) electrons. The molecule has 1 amide bonds. The summed E-state index contributed by atoms with van der Waals surface area (Å²) in [5, 5.41) is 3.11. The van der Waals surface area contributed by atoms with E-state index in [0.29, 0.717) is 29.4 Å². The predicted molar refractivity (Wildman–Crippen MR) is 71.0 cm³/mol. The van der Waals surface area contributed by atoms with E-state index in [1.807, 2.05) is 6.92 Å². The summed E-state index contributed by atoms with van der Waals surface area (Å²) in [5.74, 6) is -0.254. The lowest BCUT2D eigenvalue weighted by Crippen LogP contribution is -2.20. The second kappa shape index (κ2) is 5.18. The number of nitrogens with zero attached hydrogens (tertiary/aromatic N) is 2. The van der Waals surface area contributed by atoms with Gasteiger partial charge in [0.2, 0.25) is 0 Å². The molecule has 5 nitrogen and oxygen atoms in total. The number of pyridine rings is 1. The number of rotatable bonds is 3. The molecule has 1 aliphatic rings. The minimum Gasteiger partial charge on any atom is -0.321 e. The van der Waals surface area contributed by atoms with Gasteiger partial charge in [0, 0.05) is 37.0 Å². The van der Waals surface area contributed by atoms with E-state index in [4.69, 9.17) is 11.6 Å². The number of amides is 1. The second-order valence-electron chi connectivity index (χ2n) is 3.83. The molecule has 18 heavy (non-hydrogen) atoms. The van der Waals surface area contributed by atoms with Crippen LogP contribution in [0.4, 0.5) is 5.69 Å². The monoisotopic (exact) mass is 265 g/mol. The number of halogens is 1. The standard InChI is InChI=1S/C12H12ClN3O2/c1-2-16-7-9(3-4-11(16)17)15-12(18)8-5-10(13)14-6-8/h3-4,6-7H,2,5H2,1H3,(H,15,18). The second-order valence-corrected chi connectivity index (χ2v) is 4.27. The van der Waals surface area contributed by atoms with Gasteiger partial charge in [-0.2, -0.15) is 0 Å². The van der Waals surface area contributed by atoms with Gasteiger partial charge >= 0.3 is 0 Å². The molecule has 6 heteroatoms. The van der Waals surface area contributed by atoms with Gasteiger partial charge in [-0.25, -0.2) is 4.99 Å². The van der Waals surface area contributed by atoms with E-state index in [2.05, 4.69) is 10.3 Å². The van der Waals surface area contributed by atoms with Gasteiger partial charge in [0.25, 0.3) is 11.5 Å². The van der Waals surface area contributed by atoms with E-state index in [9.17, 15) is 9.59 Å². The molecule has 0 saturated carbocycles. The Morgan fingerprint density at radius 3 is 2.94 bits per heavy atom. The molecular formula is C12H12ClN3O2. The van der Waals surface area contributed by atoms with E-state index >= 15 is 0 Å². The number of aliphatic imine (C=N–C) groups is 1. The van der Waals surface area contributed by atoms with Crippen molar-refractivity contribution in [1.29, 1.82) is 0 Å². The quantitative estimate of drug-likeness (QED) is 0.905. The normalized spacial score (nSPS) is 14.1. The molecule has 2 heterocycles. The van der Waals surface area contributed by atoms with E-state index in [1.54, 1.807) is 12.3 Å². The maximum atomic E-state index is 11.8. The first-order valence-electron chi connectivity index (χ1n) is 5.53. The average Bonchev–Trinajstić information content (AvgIpc) is 2.78. The highest BCUT2D eigenvalue weighted by Crippen LogP contribution is 2.16. The van der Waals surface area contributed by atoms with Crippen LogP contribution < -0.4 is 10.9 Å². The number of aromatic nitrogens is 1. The fourth-order valence-corrected chi connectivity index (χ4v) is 1.79. The van der Waals surface area contributed by atoms with Gasteiger partial charge < -0.3 is 9.88 Å². The predicted octanol–water partition coefficient (Wildman–Crippen LogP) is 1.73. The molecule has 0 atom stereocenters. The smallest absolute Gasteiger partial charge is 0.253 e. The molecule has 1 aromatic heterocycles. The molecule has 0 fully saturated rings. The zero-order valence-electron chi connectivity index (χ0n) is 9.81. The maximum absolute atomic E-state index is 11.8. The molecule has 0 bridgehead atoms. The van der Waals surface area contributed by atoms with Crippen LogP contribution in [0, 0.1) is 0 Å². The maximum Gasteiger partial charge on any atom is 0.253 e. The summed E-state index contributed by atoms with van der Waals surface area (Å²) in [6, 6.07) is 3.00. The lowest BCUT2D eigenvalue weighted by molar-refractivity contribution is -0.112. The van der Waals surface area contributed by atoms with Crippen LogP contribution in [0.25, 0.3) is 0 Å². The van der Waals surface area contributed by atoms with Crippen LogP contribution in [0.5, 0.6) is 0 Å². The zero-order chi connectivity index (χ0) is 13.1. The molecule has 1 N–H and O–H groups in total. The Hall–Kier alpha value is -1.88. The van der Waals surface area contributed by atoms with E-state index in [1.165, 1.54) is 16.8 Å². The number of anilines is 1. The third kappa shape index (κ3) is 2.68. The Balaban J connectivity index is 2.11. The van der Waals surface area contributed by atoms with Crippen LogP contribution >= 0.6 is 11.6 Å². The highest BCUT2D eigenvalue weighted by molar-refractivity contribution is 6.66. The Kier molecular flexibility index (Phi) is 3.62. The van der Waals surface area contributed by atoms with Crippen LogP contribution in [0.2, 0.25) is 0 Å². The molecule has 1 aromatic rings. The largest absolute Gasteiger partial charge is 0.321 e. The van der Waals surface area contributed by atoms with Crippen LogP contribution in [0.3, 0.4) is 0 Å². The number of nitrogens with one attached hydrogen (secondary N) is 1. The van der Waals surface area contributed by atoms with E-state index in [0.717, 1.165) is 0 Å². The fraction of sp³-hybridized carbons (Fsp3) is 0.250. The minimum atomic E-state index is -0.254. The van der Waals surface area contributed by atoms with Crippen LogP contribution in [0.15, 0.2) is 39.9 Å². The first-order valence-corrected chi connectivity index (χ1v) is 5.91. The van der Waals surface area contributed by atoms with Gasteiger partial charge in [0.05, 0.1) is 5.69 Å². The zero-order valence-corrected chi connectivity index (χ0v) is 10.6. The summed E-state index contributed by atoms with van der Waals surface area (Å²) in [7, 11) is 0. The lowest BCUT2D eigenvalue weighted by atomic mass is 10.2. The molecule has 0 aromatic carbocycles. The Morgan fingerprint density at radius 1 is 1.56 bits per heavy atom. The van der Waals surface area contributed by atoms with Gasteiger partial charge in [-0.1, -0.05) is 11.6 Å². The van der Waals surface area contributed by atoms with Crippen molar-refractivity contribution in [3.05, 3.63) is 40.5 Å². The summed E-state index contributed by atoms with van der Waals surface area (Å²) < 4.78 is 1.52. The van der Waals surface area contributed by atoms with E-state index in [-0.39, 0.29) is 11.5 Å². The number of hydrogen-bond donors (Lipinski definition) is 1. The minimum absolute atomic E-state index is 0.0954. The third-order valence-electron chi connectivity index (χ3n) is 2.57. The van der Waals surface area contributed by atoms with Crippen molar-refractivity contribution >= 4 is 28.4 Å². The number of hydrogen-bond acceptors (Lipinski definition) is 3. The number of carbonyl (C=O) groups excluding carboxylic acids is 1. The van der Waals surface area contributed by atoms with Crippen LogP contribution in [0.1, 0.15) is 13.3 Å². The van der Waals surface area contributed by atoms with Crippen molar-refractivity contribution in [2.45, 2.75) is 19.9 Å². The van der Waals surface area contributed by atoms with Gasteiger partial charge in [-0.05, 0) is 13.0 Å². The van der Waals surface area contributed by atoms with Gasteiger partial charge in [-0.3, -0.25) is 9.59 Å². The van der Waals surface area contributed by atoms with Crippen molar-refractivity contribution < 1.29 is 4.79 Å².